The maximum atomic E-state index is 13.0. The third-order valence-corrected chi connectivity index (χ3v) is 5.57. The lowest BCUT2D eigenvalue weighted by Gasteiger charge is -2.32. The summed E-state index contributed by atoms with van der Waals surface area (Å²) in [5, 5.41) is 6.92. The summed E-state index contributed by atoms with van der Waals surface area (Å²) in [4.78, 5) is 31.4. The van der Waals surface area contributed by atoms with Crippen molar-refractivity contribution in [1.29, 1.82) is 0 Å². The number of carbonyl (C=O) groups is 2. The molecule has 0 spiro atoms. The van der Waals surface area contributed by atoms with Gasteiger partial charge in [0.2, 0.25) is 5.89 Å². The standard InChI is InChI=1S/C21H24N4O5/c1-4-12(5-2)19-22-16(24-30-19)10-25-14-11-29-20(26)17(14)18(23-21(25)27)13-8-6-7-9-15(13)28-3/h6-9,12,18H,4-5,10-11H2,1-3H3,(H,23,27)/t18-/m1/s1. The van der Waals surface area contributed by atoms with Gasteiger partial charge in [0, 0.05) is 11.5 Å². The van der Waals surface area contributed by atoms with Crippen molar-refractivity contribution in [1.82, 2.24) is 20.4 Å². The number of nitrogens with zero attached hydrogens (tertiary/aromatic N) is 3. The van der Waals surface area contributed by atoms with E-state index in [0.29, 0.717) is 34.3 Å². The van der Waals surface area contributed by atoms with Crippen LogP contribution in [0.4, 0.5) is 4.79 Å². The highest BCUT2D eigenvalue weighted by atomic mass is 16.5. The second-order valence-corrected chi connectivity index (χ2v) is 7.21. The van der Waals surface area contributed by atoms with Crippen molar-refractivity contribution in [2.45, 2.75) is 45.2 Å². The Kier molecular flexibility index (Phi) is 5.43. The first-order valence-corrected chi connectivity index (χ1v) is 10.0. The quantitative estimate of drug-likeness (QED) is 0.697. The number of esters is 1. The summed E-state index contributed by atoms with van der Waals surface area (Å²) in [5.74, 6) is 1.25. The van der Waals surface area contributed by atoms with Crippen LogP contribution in [0, 0.1) is 0 Å². The van der Waals surface area contributed by atoms with E-state index in [1.54, 1.807) is 13.2 Å². The van der Waals surface area contributed by atoms with Crippen molar-refractivity contribution >= 4 is 12.0 Å². The lowest BCUT2D eigenvalue weighted by Crippen LogP contribution is -2.47. The number of nitrogens with one attached hydrogen (secondary N) is 1. The Balaban J connectivity index is 1.67. The molecule has 2 aromatic rings. The molecule has 1 N–H and O–H groups in total. The van der Waals surface area contributed by atoms with Crippen LogP contribution in [0.3, 0.4) is 0 Å². The van der Waals surface area contributed by atoms with E-state index >= 15 is 0 Å². The molecule has 1 aromatic carbocycles. The van der Waals surface area contributed by atoms with Gasteiger partial charge in [-0.15, -0.1) is 0 Å². The van der Waals surface area contributed by atoms with Crippen molar-refractivity contribution in [2.75, 3.05) is 13.7 Å². The first-order valence-electron chi connectivity index (χ1n) is 10.0. The predicted octanol–water partition coefficient (Wildman–Crippen LogP) is 3.06. The molecule has 0 unspecified atom stereocenters. The number of hydrogen-bond acceptors (Lipinski definition) is 7. The zero-order chi connectivity index (χ0) is 21.3. The van der Waals surface area contributed by atoms with E-state index in [9.17, 15) is 9.59 Å². The zero-order valence-corrected chi connectivity index (χ0v) is 17.2. The van der Waals surface area contributed by atoms with Crippen LogP contribution in [0.5, 0.6) is 5.75 Å². The van der Waals surface area contributed by atoms with E-state index in [2.05, 4.69) is 29.3 Å². The van der Waals surface area contributed by atoms with Gasteiger partial charge in [-0.1, -0.05) is 37.2 Å². The van der Waals surface area contributed by atoms with E-state index in [4.69, 9.17) is 14.0 Å². The summed E-state index contributed by atoms with van der Waals surface area (Å²) >= 11 is 0. The Labute approximate surface area is 174 Å². The Morgan fingerprint density at radius 2 is 2.03 bits per heavy atom. The fourth-order valence-corrected chi connectivity index (χ4v) is 3.89. The Morgan fingerprint density at radius 1 is 1.27 bits per heavy atom. The number of aromatic nitrogens is 2. The van der Waals surface area contributed by atoms with E-state index in [1.807, 2.05) is 18.2 Å². The number of cyclic esters (lactones) is 1. The van der Waals surface area contributed by atoms with Gasteiger partial charge >= 0.3 is 12.0 Å². The third kappa shape index (κ3) is 3.40. The molecule has 1 aromatic heterocycles. The largest absolute Gasteiger partial charge is 0.496 e. The van der Waals surface area contributed by atoms with Crippen LogP contribution in [0.2, 0.25) is 0 Å². The minimum atomic E-state index is -0.653. The number of benzene rings is 1. The highest BCUT2D eigenvalue weighted by Crippen LogP contribution is 2.38. The molecular formula is C21H24N4O5. The number of hydrogen-bond donors (Lipinski definition) is 1. The molecular weight excluding hydrogens is 388 g/mol. The SMILES string of the molecule is CCC(CC)c1nc(CN2C(=O)N[C@H](c3ccccc3OC)C3=C2COC3=O)no1. The Hall–Kier alpha value is -3.36. The lowest BCUT2D eigenvalue weighted by atomic mass is 9.95. The van der Waals surface area contributed by atoms with Gasteiger partial charge < -0.3 is 19.3 Å². The third-order valence-electron chi connectivity index (χ3n) is 5.57. The van der Waals surface area contributed by atoms with Gasteiger partial charge in [0.15, 0.2) is 5.82 Å². The molecule has 9 nitrogen and oxygen atoms in total. The number of urea groups is 1. The van der Waals surface area contributed by atoms with Crippen LogP contribution >= 0.6 is 0 Å². The van der Waals surface area contributed by atoms with Gasteiger partial charge in [-0.25, -0.2) is 9.59 Å². The molecule has 1 atom stereocenters. The topological polar surface area (TPSA) is 107 Å². The molecule has 2 amide bonds. The summed E-state index contributed by atoms with van der Waals surface area (Å²) in [7, 11) is 1.55. The summed E-state index contributed by atoms with van der Waals surface area (Å²) in [6.45, 7) is 4.23. The second-order valence-electron chi connectivity index (χ2n) is 7.21. The molecule has 0 saturated heterocycles. The fourth-order valence-electron chi connectivity index (χ4n) is 3.89. The first-order chi connectivity index (χ1) is 14.6. The van der Waals surface area contributed by atoms with Crippen molar-refractivity contribution in [3.8, 4) is 5.75 Å². The Bertz CT molecular complexity index is 995. The molecule has 0 aliphatic carbocycles. The van der Waals surface area contributed by atoms with Gasteiger partial charge in [-0.2, -0.15) is 4.98 Å². The molecule has 0 fully saturated rings. The highest BCUT2D eigenvalue weighted by Gasteiger charge is 2.43. The van der Waals surface area contributed by atoms with Gasteiger partial charge in [-0.3, -0.25) is 4.90 Å². The van der Waals surface area contributed by atoms with E-state index < -0.39 is 12.0 Å². The van der Waals surface area contributed by atoms with Crippen molar-refractivity contribution in [3.63, 3.8) is 0 Å². The average Bonchev–Trinajstić information content (AvgIpc) is 3.38. The molecule has 0 bridgehead atoms. The maximum Gasteiger partial charge on any atom is 0.338 e. The number of amides is 2. The number of methoxy groups -OCH3 is 1. The fraction of sp³-hybridized carbons (Fsp3) is 0.429. The van der Waals surface area contributed by atoms with E-state index in [-0.39, 0.29) is 25.1 Å². The van der Waals surface area contributed by atoms with Crippen LogP contribution < -0.4 is 10.1 Å². The van der Waals surface area contributed by atoms with Crippen LogP contribution in [-0.2, 0) is 16.1 Å². The predicted molar refractivity (Wildman–Crippen MR) is 105 cm³/mol. The van der Waals surface area contributed by atoms with E-state index in [0.717, 1.165) is 12.8 Å². The van der Waals surface area contributed by atoms with E-state index in [1.165, 1.54) is 4.90 Å². The first kappa shape index (κ1) is 19.9. The molecule has 9 heteroatoms. The number of rotatable bonds is 7. The van der Waals surface area contributed by atoms with Crippen molar-refractivity contribution in [2.24, 2.45) is 0 Å². The summed E-state index contributed by atoms with van der Waals surface area (Å²) in [6.07, 6.45) is 1.78. The summed E-state index contributed by atoms with van der Waals surface area (Å²) < 4.78 is 16.1. The molecule has 0 saturated carbocycles. The highest BCUT2D eigenvalue weighted by molar-refractivity contribution is 5.97. The van der Waals surface area contributed by atoms with Crippen molar-refractivity contribution < 1.29 is 23.6 Å². The molecule has 2 aliphatic heterocycles. The minimum absolute atomic E-state index is 0.0183. The minimum Gasteiger partial charge on any atom is -0.496 e. The smallest absolute Gasteiger partial charge is 0.338 e. The molecule has 2 aliphatic rings. The Morgan fingerprint density at radius 3 is 2.77 bits per heavy atom. The summed E-state index contributed by atoms with van der Waals surface area (Å²) in [6, 6.07) is 6.24. The lowest BCUT2D eigenvalue weighted by molar-refractivity contribution is -0.136. The van der Waals surface area contributed by atoms with Gasteiger partial charge in [0.05, 0.1) is 31.0 Å². The number of ether oxygens (including phenoxy) is 2. The van der Waals surface area contributed by atoms with Crippen LogP contribution in [0.15, 0.2) is 40.1 Å². The summed E-state index contributed by atoms with van der Waals surface area (Å²) in [5.41, 5.74) is 1.59. The van der Waals surface area contributed by atoms with Crippen LogP contribution in [0.25, 0.3) is 0 Å². The van der Waals surface area contributed by atoms with Gasteiger partial charge in [0.25, 0.3) is 0 Å². The molecule has 30 heavy (non-hydrogen) atoms. The number of carbonyl (C=O) groups excluding carboxylic acids is 2. The monoisotopic (exact) mass is 412 g/mol. The molecule has 3 heterocycles. The van der Waals surface area contributed by atoms with Crippen molar-refractivity contribution in [3.05, 3.63) is 52.8 Å². The molecule has 4 rings (SSSR count). The number of para-hydroxylation sites is 1. The normalized spacial score (nSPS) is 18.5. The second kappa shape index (κ2) is 8.17. The van der Waals surface area contributed by atoms with Crippen LogP contribution in [0.1, 0.15) is 55.9 Å². The van der Waals surface area contributed by atoms with Crippen LogP contribution in [-0.4, -0.2) is 40.8 Å². The van der Waals surface area contributed by atoms with Gasteiger partial charge in [-0.05, 0) is 18.9 Å². The molecule has 0 radical (unpaired) electrons. The molecule has 158 valence electrons. The van der Waals surface area contributed by atoms with Gasteiger partial charge in [0.1, 0.15) is 12.4 Å². The maximum absolute atomic E-state index is 13.0. The zero-order valence-electron chi connectivity index (χ0n) is 17.2. The average molecular weight is 412 g/mol.